The van der Waals surface area contributed by atoms with Crippen LogP contribution in [-0.4, -0.2) is 56.9 Å². The molecule has 0 aromatic heterocycles. The topological polar surface area (TPSA) is 86.7 Å². The van der Waals surface area contributed by atoms with Crippen molar-refractivity contribution in [1.82, 2.24) is 10.2 Å². The Hall–Kier alpha value is -1.11. The Kier molecular flexibility index (Phi) is 5.58. The van der Waals surface area contributed by atoms with Crippen LogP contribution in [0.3, 0.4) is 0 Å². The van der Waals surface area contributed by atoms with Crippen LogP contribution in [0.1, 0.15) is 20.3 Å². The molecule has 2 N–H and O–H groups in total. The normalized spacial score (nSPS) is 18.7. The predicted octanol–water partition coefficient (Wildman–Crippen LogP) is 0.260. The first-order valence-electron chi connectivity index (χ1n) is 6.03. The van der Waals surface area contributed by atoms with Crippen molar-refractivity contribution in [2.75, 3.05) is 24.6 Å². The minimum absolute atomic E-state index is 0.195. The highest BCUT2D eigenvalue weighted by Crippen LogP contribution is 2.07. The van der Waals surface area contributed by atoms with Crippen molar-refractivity contribution in [3.8, 4) is 0 Å². The number of carboxylic acids is 1. The summed E-state index contributed by atoms with van der Waals surface area (Å²) in [6.45, 7) is 4.66. The molecule has 1 fully saturated rings. The summed E-state index contributed by atoms with van der Waals surface area (Å²) in [6.07, 6.45) is 0.404. The zero-order valence-electron chi connectivity index (χ0n) is 10.7. The molecule has 0 aromatic rings. The van der Waals surface area contributed by atoms with Gasteiger partial charge in [-0.2, -0.15) is 0 Å². The van der Waals surface area contributed by atoms with E-state index >= 15 is 0 Å². The molecular weight excluding hydrogens is 256 g/mol. The maximum Gasteiger partial charge on any atom is 0.326 e. The second-order valence-corrected chi connectivity index (χ2v) is 6.50. The van der Waals surface area contributed by atoms with Gasteiger partial charge in [0.25, 0.3) is 0 Å². The number of aliphatic carboxylic acids is 1. The van der Waals surface area contributed by atoms with Crippen molar-refractivity contribution >= 4 is 22.8 Å². The first-order chi connectivity index (χ1) is 8.40. The lowest BCUT2D eigenvalue weighted by Crippen LogP contribution is -2.51. The van der Waals surface area contributed by atoms with Gasteiger partial charge >= 0.3 is 12.0 Å². The van der Waals surface area contributed by atoms with Gasteiger partial charge in [-0.15, -0.1) is 0 Å². The maximum absolute atomic E-state index is 11.9. The molecule has 0 saturated carbocycles. The van der Waals surface area contributed by atoms with Gasteiger partial charge in [0, 0.05) is 35.4 Å². The number of rotatable bonds is 4. The van der Waals surface area contributed by atoms with E-state index < -0.39 is 22.8 Å². The monoisotopic (exact) mass is 276 g/mol. The molecule has 1 atom stereocenters. The number of amides is 2. The SMILES string of the molecule is CC(C)CC(NC(=O)N1CCS(=O)CC1)C(=O)O. The summed E-state index contributed by atoms with van der Waals surface area (Å²) < 4.78 is 11.2. The van der Waals surface area contributed by atoms with Gasteiger partial charge in [-0.05, 0) is 12.3 Å². The van der Waals surface area contributed by atoms with Crippen LogP contribution in [0.2, 0.25) is 0 Å². The molecule has 1 saturated heterocycles. The standard InChI is InChI=1S/C11H20N2O4S/c1-8(2)7-9(10(14)15)12-11(16)13-3-5-18(17)6-4-13/h8-9H,3-7H2,1-2H3,(H,12,16)(H,14,15). The predicted molar refractivity (Wildman–Crippen MR) is 68.9 cm³/mol. The van der Waals surface area contributed by atoms with Crippen molar-refractivity contribution < 1.29 is 18.9 Å². The quantitative estimate of drug-likeness (QED) is 0.771. The molecule has 7 heteroatoms. The summed E-state index contributed by atoms with van der Waals surface area (Å²) in [4.78, 5) is 24.4. The van der Waals surface area contributed by atoms with Gasteiger partial charge in [0.15, 0.2) is 0 Å². The average Bonchev–Trinajstić information content (AvgIpc) is 2.28. The van der Waals surface area contributed by atoms with Crippen LogP contribution in [0, 0.1) is 5.92 Å². The van der Waals surface area contributed by atoms with Gasteiger partial charge in [0.05, 0.1) is 0 Å². The second-order valence-electron chi connectivity index (χ2n) is 4.80. The Balaban J connectivity index is 2.50. The molecule has 0 bridgehead atoms. The number of carbonyl (C=O) groups excluding carboxylic acids is 1. The van der Waals surface area contributed by atoms with E-state index in [9.17, 15) is 13.8 Å². The molecule has 0 radical (unpaired) electrons. The van der Waals surface area contributed by atoms with E-state index in [-0.39, 0.29) is 11.9 Å². The third kappa shape index (κ3) is 4.64. The highest BCUT2D eigenvalue weighted by atomic mass is 32.2. The van der Waals surface area contributed by atoms with E-state index in [1.165, 1.54) is 4.90 Å². The Morgan fingerprint density at radius 2 is 1.89 bits per heavy atom. The van der Waals surface area contributed by atoms with Crippen molar-refractivity contribution in [2.45, 2.75) is 26.3 Å². The lowest BCUT2D eigenvalue weighted by molar-refractivity contribution is -0.139. The molecule has 104 valence electrons. The Bertz CT molecular complexity index is 336. The summed E-state index contributed by atoms with van der Waals surface area (Å²) in [5.41, 5.74) is 0. The fraction of sp³-hybridized carbons (Fsp3) is 0.818. The van der Waals surface area contributed by atoms with Gasteiger partial charge in [0.1, 0.15) is 6.04 Å². The number of nitrogens with one attached hydrogen (secondary N) is 1. The van der Waals surface area contributed by atoms with Crippen LogP contribution in [0.5, 0.6) is 0 Å². The van der Waals surface area contributed by atoms with E-state index in [1.54, 1.807) is 0 Å². The second kappa shape index (κ2) is 6.72. The molecule has 2 amide bonds. The maximum atomic E-state index is 11.9. The van der Waals surface area contributed by atoms with Gasteiger partial charge in [0.2, 0.25) is 0 Å². The van der Waals surface area contributed by atoms with Crippen LogP contribution in [-0.2, 0) is 15.6 Å². The summed E-state index contributed by atoms with van der Waals surface area (Å²) in [7, 11) is -0.846. The molecule has 18 heavy (non-hydrogen) atoms. The van der Waals surface area contributed by atoms with Crippen LogP contribution in [0.15, 0.2) is 0 Å². The molecule has 0 aliphatic carbocycles. The number of hydrogen-bond acceptors (Lipinski definition) is 3. The third-order valence-corrected chi connectivity index (χ3v) is 4.04. The van der Waals surface area contributed by atoms with Crippen molar-refractivity contribution in [1.29, 1.82) is 0 Å². The summed E-state index contributed by atoms with van der Waals surface area (Å²) in [5, 5.41) is 11.6. The molecule has 1 unspecified atom stereocenters. The molecule has 0 spiro atoms. The van der Waals surface area contributed by atoms with Gasteiger partial charge < -0.3 is 15.3 Å². The highest BCUT2D eigenvalue weighted by Gasteiger charge is 2.25. The van der Waals surface area contributed by atoms with Crippen LogP contribution >= 0.6 is 0 Å². The van der Waals surface area contributed by atoms with E-state index in [1.807, 2.05) is 13.8 Å². The average molecular weight is 276 g/mol. The third-order valence-electron chi connectivity index (χ3n) is 2.77. The lowest BCUT2D eigenvalue weighted by Gasteiger charge is -2.28. The number of urea groups is 1. The lowest BCUT2D eigenvalue weighted by atomic mass is 10.0. The highest BCUT2D eigenvalue weighted by molar-refractivity contribution is 7.85. The van der Waals surface area contributed by atoms with Crippen LogP contribution in [0.25, 0.3) is 0 Å². The molecule has 1 aliphatic heterocycles. The van der Waals surface area contributed by atoms with E-state index in [0.717, 1.165) is 0 Å². The first-order valence-corrected chi connectivity index (χ1v) is 7.52. The van der Waals surface area contributed by atoms with Crippen molar-refractivity contribution in [3.63, 3.8) is 0 Å². The zero-order valence-corrected chi connectivity index (χ0v) is 11.5. The summed E-state index contributed by atoms with van der Waals surface area (Å²) in [5.74, 6) is 0.114. The van der Waals surface area contributed by atoms with Crippen LogP contribution in [0.4, 0.5) is 4.79 Å². The number of hydrogen-bond donors (Lipinski definition) is 2. The van der Waals surface area contributed by atoms with E-state index in [0.29, 0.717) is 31.0 Å². The van der Waals surface area contributed by atoms with Crippen molar-refractivity contribution in [3.05, 3.63) is 0 Å². The Morgan fingerprint density at radius 1 is 1.33 bits per heavy atom. The Labute approximate surface area is 109 Å². The van der Waals surface area contributed by atoms with E-state index in [2.05, 4.69) is 5.32 Å². The summed E-state index contributed by atoms with van der Waals surface area (Å²) in [6, 6.07) is -1.23. The number of nitrogens with zero attached hydrogens (tertiary/aromatic N) is 1. The molecule has 1 aliphatic rings. The van der Waals surface area contributed by atoms with Crippen LogP contribution < -0.4 is 5.32 Å². The van der Waals surface area contributed by atoms with Gasteiger partial charge in [-0.1, -0.05) is 13.8 Å². The first kappa shape index (κ1) is 14.9. The molecule has 0 aromatic carbocycles. The fourth-order valence-electron chi connectivity index (χ4n) is 1.77. The fourth-order valence-corrected chi connectivity index (χ4v) is 2.83. The number of carboxylic acid groups (broad SMARTS) is 1. The Morgan fingerprint density at radius 3 is 2.33 bits per heavy atom. The largest absolute Gasteiger partial charge is 0.480 e. The number of carbonyl (C=O) groups is 2. The van der Waals surface area contributed by atoms with Crippen molar-refractivity contribution in [2.24, 2.45) is 5.92 Å². The minimum Gasteiger partial charge on any atom is -0.480 e. The molecule has 1 heterocycles. The van der Waals surface area contributed by atoms with Gasteiger partial charge in [-0.25, -0.2) is 9.59 Å². The minimum atomic E-state index is -1.02. The van der Waals surface area contributed by atoms with E-state index in [4.69, 9.17) is 5.11 Å². The zero-order chi connectivity index (χ0) is 13.7. The van der Waals surface area contributed by atoms with Gasteiger partial charge in [-0.3, -0.25) is 4.21 Å². The smallest absolute Gasteiger partial charge is 0.326 e. The molecule has 6 nitrogen and oxygen atoms in total. The summed E-state index contributed by atoms with van der Waals surface area (Å²) >= 11 is 0. The molecule has 1 rings (SSSR count). The molecular formula is C11H20N2O4S.